The van der Waals surface area contributed by atoms with E-state index in [-0.39, 0.29) is 10.3 Å². The molecule has 0 aromatic heterocycles. The molecule has 0 spiro atoms. The number of benzene rings is 1. The van der Waals surface area contributed by atoms with Gasteiger partial charge in [-0.1, -0.05) is 35.9 Å². The molecule has 120 valence electrons. The van der Waals surface area contributed by atoms with Crippen LogP contribution < -0.4 is 4.72 Å². The number of allylic oxidation sites excluding steroid dienone is 3. The quantitative estimate of drug-likeness (QED) is 0.663. The maximum atomic E-state index is 12.4. The summed E-state index contributed by atoms with van der Waals surface area (Å²) in [5.74, 6) is 0. The summed E-state index contributed by atoms with van der Waals surface area (Å²) >= 11 is 0. The van der Waals surface area contributed by atoms with Crippen LogP contribution in [0, 0.1) is 12.3 Å². The maximum absolute atomic E-state index is 12.4. The highest BCUT2D eigenvalue weighted by atomic mass is 32.2. The third-order valence-electron chi connectivity index (χ3n) is 3.70. The minimum absolute atomic E-state index is 0.261. The summed E-state index contributed by atoms with van der Waals surface area (Å²) in [5, 5.41) is 0. The SMILES string of the molecule is C=CCC(CC=C)(CC=C)CNS(=O)(=O)c1ccc(C)cc1. The van der Waals surface area contributed by atoms with Crippen molar-refractivity contribution < 1.29 is 8.42 Å². The summed E-state index contributed by atoms with van der Waals surface area (Å²) in [6.45, 7) is 13.6. The van der Waals surface area contributed by atoms with E-state index in [4.69, 9.17) is 0 Å². The number of rotatable bonds is 10. The van der Waals surface area contributed by atoms with Gasteiger partial charge in [0.1, 0.15) is 0 Å². The smallest absolute Gasteiger partial charge is 0.211 e. The molecule has 0 aliphatic carbocycles. The summed E-state index contributed by atoms with van der Waals surface area (Å²) in [6, 6.07) is 6.82. The highest BCUT2D eigenvalue weighted by molar-refractivity contribution is 7.89. The van der Waals surface area contributed by atoms with Crippen LogP contribution in [0.2, 0.25) is 0 Å². The van der Waals surface area contributed by atoms with Crippen LogP contribution in [0.25, 0.3) is 0 Å². The number of aryl methyl sites for hydroxylation is 1. The highest BCUT2D eigenvalue weighted by Gasteiger charge is 2.28. The first-order chi connectivity index (χ1) is 10.4. The number of nitrogens with one attached hydrogen (secondary N) is 1. The molecule has 1 N–H and O–H groups in total. The van der Waals surface area contributed by atoms with Crippen molar-refractivity contribution in [3.8, 4) is 0 Å². The first-order valence-electron chi connectivity index (χ1n) is 7.28. The molecule has 0 fully saturated rings. The van der Waals surface area contributed by atoms with E-state index in [0.29, 0.717) is 25.8 Å². The maximum Gasteiger partial charge on any atom is 0.240 e. The van der Waals surface area contributed by atoms with Crippen LogP contribution in [0.15, 0.2) is 67.1 Å². The lowest BCUT2D eigenvalue weighted by Gasteiger charge is -2.31. The summed E-state index contributed by atoms with van der Waals surface area (Å²) in [6.07, 6.45) is 7.53. The van der Waals surface area contributed by atoms with Gasteiger partial charge in [-0.2, -0.15) is 0 Å². The molecule has 0 bridgehead atoms. The van der Waals surface area contributed by atoms with Gasteiger partial charge in [0.2, 0.25) is 10.0 Å². The van der Waals surface area contributed by atoms with E-state index in [0.717, 1.165) is 5.56 Å². The van der Waals surface area contributed by atoms with Gasteiger partial charge in [0, 0.05) is 6.54 Å². The van der Waals surface area contributed by atoms with Crippen LogP contribution >= 0.6 is 0 Å². The van der Waals surface area contributed by atoms with Crippen molar-refractivity contribution >= 4 is 10.0 Å². The molecule has 0 atom stereocenters. The van der Waals surface area contributed by atoms with E-state index in [1.165, 1.54) is 0 Å². The third kappa shape index (κ3) is 4.97. The molecule has 0 aliphatic heterocycles. The van der Waals surface area contributed by atoms with Crippen LogP contribution in [-0.2, 0) is 10.0 Å². The summed E-state index contributed by atoms with van der Waals surface area (Å²) in [5.41, 5.74) is 0.765. The Labute approximate surface area is 134 Å². The van der Waals surface area contributed by atoms with Gasteiger partial charge in [0.25, 0.3) is 0 Å². The first kappa shape index (κ1) is 18.4. The lowest BCUT2D eigenvalue weighted by Crippen LogP contribution is -2.37. The van der Waals surface area contributed by atoms with Crippen molar-refractivity contribution in [2.45, 2.75) is 31.1 Å². The van der Waals surface area contributed by atoms with E-state index in [9.17, 15) is 8.42 Å². The molecule has 4 heteroatoms. The molecule has 1 aromatic carbocycles. The van der Waals surface area contributed by atoms with E-state index < -0.39 is 10.0 Å². The van der Waals surface area contributed by atoms with Crippen molar-refractivity contribution in [3.63, 3.8) is 0 Å². The predicted octanol–water partition coefficient (Wildman–Crippen LogP) is 3.99. The zero-order chi connectivity index (χ0) is 16.6. The Morgan fingerprint density at radius 3 is 1.86 bits per heavy atom. The van der Waals surface area contributed by atoms with Gasteiger partial charge in [0.15, 0.2) is 0 Å². The second-order valence-corrected chi connectivity index (χ2v) is 7.38. The fourth-order valence-electron chi connectivity index (χ4n) is 2.43. The highest BCUT2D eigenvalue weighted by Crippen LogP contribution is 2.32. The number of sulfonamides is 1. The van der Waals surface area contributed by atoms with Gasteiger partial charge >= 0.3 is 0 Å². The number of hydrogen-bond acceptors (Lipinski definition) is 2. The van der Waals surface area contributed by atoms with Crippen LogP contribution in [0.5, 0.6) is 0 Å². The lowest BCUT2D eigenvalue weighted by atomic mass is 9.78. The molecule has 0 saturated heterocycles. The molecular formula is C18H25NO2S. The van der Waals surface area contributed by atoms with Gasteiger partial charge in [-0.15, -0.1) is 19.7 Å². The largest absolute Gasteiger partial charge is 0.240 e. The number of hydrogen-bond donors (Lipinski definition) is 1. The zero-order valence-corrected chi connectivity index (χ0v) is 14.0. The lowest BCUT2D eigenvalue weighted by molar-refractivity contribution is 0.298. The molecule has 22 heavy (non-hydrogen) atoms. The summed E-state index contributed by atoms with van der Waals surface area (Å²) in [4.78, 5) is 0.280. The van der Waals surface area contributed by atoms with Crippen LogP contribution in [-0.4, -0.2) is 15.0 Å². The molecule has 0 aliphatic rings. The Hall–Kier alpha value is -1.65. The molecule has 0 amide bonds. The van der Waals surface area contributed by atoms with Gasteiger partial charge in [-0.3, -0.25) is 0 Å². The topological polar surface area (TPSA) is 46.2 Å². The second-order valence-electron chi connectivity index (χ2n) is 5.62. The first-order valence-corrected chi connectivity index (χ1v) is 8.76. The van der Waals surface area contributed by atoms with Gasteiger partial charge in [0.05, 0.1) is 4.90 Å². The Bertz CT molecular complexity index is 588. The Morgan fingerprint density at radius 1 is 1.00 bits per heavy atom. The average Bonchev–Trinajstić information content (AvgIpc) is 2.47. The average molecular weight is 319 g/mol. The van der Waals surface area contributed by atoms with Crippen molar-refractivity contribution in [1.29, 1.82) is 0 Å². The summed E-state index contributed by atoms with van der Waals surface area (Å²) < 4.78 is 27.5. The molecule has 0 radical (unpaired) electrons. The Kier molecular flexibility index (Phi) is 6.78. The summed E-state index contributed by atoms with van der Waals surface area (Å²) in [7, 11) is -3.52. The van der Waals surface area contributed by atoms with Crippen molar-refractivity contribution in [3.05, 3.63) is 67.8 Å². The third-order valence-corrected chi connectivity index (χ3v) is 5.12. The van der Waals surface area contributed by atoms with Crippen molar-refractivity contribution in [2.24, 2.45) is 5.41 Å². The monoisotopic (exact) mass is 319 g/mol. The standard InChI is InChI=1S/C18H25NO2S/c1-5-12-18(13-6-2,14-7-3)15-19-22(20,21)17-10-8-16(4)9-11-17/h5-11,19H,1-3,12-15H2,4H3. The molecule has 0 saturated carbocycles. The molecular weight excluding hydrogens is 294 g/mol. The van der Waals surface area contributed by atoms with E-state index in [1.54, 1.807) is 24.3 Å². The van der Waals surface area contributed by atoms with Gasteiger partial charge in [-0.05, 0) is 43.7 Å². The van der Waals surface area contributed by atoms with Crippen LogP contribution in [0.4, 0.5) is 0 Å². The molecule has 0 unspecified atom stereocenters. The van der Waals surface area contributed by atoms with Crippen LogP contribution in [0.3, 0.4) is 0 Å². The minimum Gasteiger partial charge on any atom is -0.211 e. The van der Waals surface area contributed by atoms with E-state index in [2.05, 4.69) is 24.5 Å². The molecule has 0 heterocycles. The normalized spacial score (nSPS) is 11.9. The fraction of sp³-hybridized carbons (Fsp3) is 0.333. The van der Waals surface area contributed by atoms with E-state index in [1.807, 2.05) is 25.2 Å². The second kappa shape index (κ2) is 8.11. The van der Waals surface area contributed by atoms with Gasteiger partial charge in [-0.25, -0.2) is 13.1 Å². The zero-order valence-electron chi connectivity index (χ0n) is 13.2. The molecule has 1 aromatic rings. The van der Waals surface area contributed by atoms with E-state index >= 15 is 0 Å². The minimum atomic E-state index is -3.52. The molecule has 3 nitrogen and oxygen atoms in total. The van der Waals surface area contributed by atoms with Crippen LogP contribution in [0.1, 0.15) is 24.8 Å². The molecule has 1 rings (SSSR count). The van der Waals surface area contributed by atoms with Crippen molar-refractivity contribution in [2.75, 3.05) is 6.54 Å². The fourth-order valence-corrected chi connectivity index (χ4v) is 3.59. The predicted molar refractivity (Wildman–Crippen MR) is 93.2 cm³/mol. The Morgan fingerprint density at radius 2 is 1.45 bits per heavy atom. The Balaban J connectivity index is 2.94. The van der Waals surface area contributed by atoms with Crippen molar-refractivity contribution in [1.82, 2.24) is 4.72 Å². The van der Waals surface area contributed by atoms with Gasteiger partial charge < -0.3 is 0 Å².